The van der Waals surface area contributed by atoms with E-state index in [0.717, 1.165) is 11.1 Å². The molecule has 0 atom stereocenters. The van der Waals surface area contributed by atoms with Crippen molar-refractivity contribution in [3.05, 3.63) is 121 Å². The van der Waals surface area contributed by atoms with Crippen molar-refractivity contribution < 1.29 is 43.2 Å². The smallest absolute Gasteiger partial charge is 0.405 e. The molecule has 13 nitrogen and oxygen atoms in total. The fraction of sp³-hybridized carbons (Fsp3) is 0.226. The topological polar surface area (TPSA) is 182 Å². The number of rotatable bonds is 4. The first-order chi connectivity index (χ1) is 21.7. The fourth-order valence-electron chi connectivity index (χ4n) is 3.27. The van der Waals surface area contributed by atoms with Gasteiger partial charge in [-0.05, 0) is 68.7 Å². The molecule has 0 aromatic carbocycles. The second-order valence-corrected chi connectivity index (χ2v) is 9.69. The van der Waals surface area contributed by atoms with E-state index in [1.54, 1.807) is 69.4 Å². The molecule has 4 aromatic heterocycles. The number of carbonyl (C=O) groups excluding carboxylic acids is 3. The zero-order valence-electron chi connectivity index (χ0n) is 26.0. The number of pyridine rings is 4. The molecule has 0 aliphatic carbocycles. The highest BCUT2D eigenvalue weighted by Gasteiger charge is 2.19. The van der Waals surface area contributed by atoms with E-state index in [0.29, 0.717) is 26.7 Å². The standard InChI is InChI=1S/C8H8ClNO2.C8H9NO3.C8H9NO2.C7H6ClNO2/c1-5-3-4-6(9)10-7(5)8(11)12-2;1-6-4-3-5-9(11)7(6)8(10)12-2;1-6-4-3-5-9-7(6)8(10)11-2;1-4-2-3-5(8)9-6(4)7(10)11/h3-4H,1-2H3;3-5H,1-2H3;3-5H,1-2H3;2-3H,1H3,(H,10,11). The van der Waals surface area contributed by atoms with Crippen LogP contribution in [-0.2, 0) is 14.2 Å². The van der Waals surface area contributed by atoms with Crippen LogP contribution in [0.25, 0.3) is 0 Å². The quantitative estimate of drug-likeness (QED) is 0.0988. The summed E-state index contributed by atoms with van der Waals surface area (Å²) in [7, 11) is 3.90. The SMILES string of the molecule is COC(=O)c1c(C)ccc[n+]1[O-].COC(=O)c1nc(Cl)ccc1C.COC(=O)c1ncccc1C.Cc1ccc(Cl)nc1C(=O)O. The molecular formula is C31H32Cl2N4O9. The molecule has 0 aliphatic rings. The van der Waals surface area contributed by atoms with E-state index in [4.69, 9.17) is 28.3 Å². The number of aromatic carboxylic acids is 1. The Morgan fingerprint density at radius 1 is 0.674 bits per heavy atom. The Labute approximate surface area is 275 Å². The summed E-state index contributed by atoms with van der Waals surface area (Å²) < 4.78 is 14.0. The van der Waals surface area contributed by atoms with E-state index in [1.165, 1.54) is 27.5 Å². The van der Waals surface area contributed by atoms with Crippen molar-refractivity contribution >= 4 is 47.1 Å². The van der Waals surface area contributed by atoms with Gasteiger partial charge < -0.3 is 24.5 Å². The van der Waals surface area contributed by atoms with Crippen molar-refractivity contribution in [1.82, 2.24) is 15.0 Å². The van der Waals surface area contributed by atoms with Crippen molar-refractivity contribution in [3.63, 3.8) is 0 Å². The van der Waals surface area contributed by atoms with Gasteiger partial charge in [0.05, 0.1) is 21.3 Å². The minimum absolute atomic E-state index is 0.0116. The number of hydrogen-bond donors (Lipinski definition) is 1. The maximum absolute atomic E-state index is 11.1. The van der Waals surface area contributed by atoms with Crippen LogP contribution in [0.2, 0.25) is 10.3 Å². The Morgan fingerprint density at radius 3 is 1.59 bits per heavy atom. The maximum atomic E-state index is 11.1. The maximum Gasteiger partial charge on any atom is 0.405 e. The monoisotopic (exact) mass is 674 g/mol. The van der Waals surface area contributed by atoms with E-state index in [-0.39, 0.29) is 28.2 Å². The second-order valence-electron chi connectivity index (χ2n) is 8.91. The molecular weight excluding hydrogens is 643 g/mol. The van der Waals surface area contributed by atoms with Crippen LogP contribution in [0.1, 0.15) is 64.2 Å². The highest BCUT2D eigenvalue weighted by atomic mass is 35.5. The van der Waals surface area contributed by atoms with Gasteiger partial charge in [-0.3, -0.25) is 0 Å². The first-order valence-electron chi connectivity index (χ1n) is 13.0. The number of nitrogens with zero attached hydrogens (tertiary/aromatic N) is 4. The summed E-state index contributed by atoms with van der Waals surface area (Å²) in [4.78, 5) is 54.8. The number of halogens is 2. The lowest BCUT2D eigenvalue weighted by atomic mass is 10.2. The number of esters is 3. The summed E-state index contributed by atoms with van der Waals surface area (Å²) in [6, 6.07) is 13.4. The lowest BCUT2D eigenvalue weighted by molar-refractivity contribution is -0.608. The van der Waals surface area contributed by atoms with Crippen molar-refractivity contribution in [2.45, 2.75) is 27.7 Å². The van der Waals surface area contributed by atoms with Gasteiger partial charge in [-0.2, -0.15) is 4.73 Å². The van der Waals surface area contributed by atoms with E-state index in [1.807, 2.05) is 13.0 Å². The fourth-order valence-corrected chi connectivity index (χ4v) is 3.56. The van der Waals surface area contributed by atoms with Gasteiger partial charge in [-0.1, -0.05) is 41.4 Å². The number of carboxylic acid groups (broad SMARTS) is 1. The highest BCUT2D eigenvalue weighted by molar-refractivity contribution is 6.29. The highest BCUT2D eigenvalue weighted by Crippen LogP contribution is 2.12. The molecule has 15 heteroatoms. The molecule has 0 unspecified atom stereocenters. The van der Waals surface area contributed by atoms with Crippen molar-refractivity contribution in [2.24, 2.45) is 0 Å². The van der Waals surface area contributed by atoms with Crippen LogP contribution < -0.4 is 4.73 Å². The Morgan fingerprint density at radius 2 is 1.13 bits per heavy atom. The Bertz CT molecular complexity index is 1660. The molecule has 4 rings (SSSR count). The summed E-state index contributed by atoms with van der Waals surface area (Å²) in [5.74, 6) is -2.51. The Hall–Kier alpha value is -5.14. The van der Waals surface area contributed by atoms with E-state index in [9.17, 15) is 24.4 Å². The molecule has 0 saturated carbocycles. The Kier molecular flexibility index (Phi) is 16.3. The summed E-state index contributed by atoms with van der Waals surface area (Å²) in [6.07, 6.45) is 2.83. The average Bonchev–Trinajstić information content (AvgIpc) is 3.03. The predicted octanol–water partition coefficient (Wildman–Crippen LogP) is 5.16. The first-order valence-corrected chi connectivity index (χ1v) is 13.8. The molecule has 0 amide bonds. The second kappa shape index (κ2) is 19.3. The van der Waals surface area contributed by atoms with Crippen LogP contribution in [0, 0.1) is 32.9 Å². The molecule has 0 bridgehead atoms. The molecule has 0 aliphatic heterocycles. The molecule has 4 aromatic rings. The summed E-state index contributed by atoms with van der Waals surface area (Å²) in [6.45, 7) is 6.95. The van der Waals surface area contributed by atoms with Gasteiger partial charge in [0.25, 0.3) is 0 Å². The van der Waals surface area contributed by atoms with Crippen LogP contribution in [0.5, 0.6) is 0 Å². The molecule has 0 fully saturated rings. The lowest BCUT2D eigenvalue weighted by Gasteiger charge is -2.03. The lowest BCUT2D eigenvalue weighted by Crippen LogP contribution is -2.35. The predicted molar refractivity (Wildman–Crippen MR) is 168 cm³/mol. The van der Waals surface area contributed by atoms with E-state index < -0.39 is 17.9 Å². The number of aryl methyl sites for hydroxylation is 4. The van der Waals surface area contributed by atoms with Gasteiger partial charge in [0, 0.05) is 17.8 Å². The summed E-state index contributed by atoms with van der Waals surface area (Å²) >= 11 is 11.1. The van der Waals surface area contributed by atoms with Crippen LogP contribution in [0.15, 0.2) is 60.9 Å². The third kappa shape index (κ3) is 12.1. The molecule has 0 spiro atoms. The molecule has 46 heavy (non-hydrogen) atoms. The van der Waals surface area contributed by atoms with Gasteiger partial charge in [-0.15, -0.1) is 0 Å². The number of ether oxygens (including phenoxy) is 3. The van der Waals surface area contributed by atoms with E-state index in [2.05, 4.69) is 29.2 Å². The van der Waals surface area contributed by atoms with Crippen LogP contribution in [0.4, 0.5) is 0 Å². The van der Waals surface area contributed by atoms with Gasteiger partial charge in [0.1, 0.15) is 10.3 Å². The number of methoxy groups -OCH3 is 3. The largest absolute Gasteiger partial charge is 0.618 e. The molecule has 0 radical (unpaired) electrons. The van der Waals surface area contributed by atoms with Crippen molar-refractivity contribution in [3.8, 4) is 0 Å². The third-order valence-electron chi connectivity index (χ3n) is 5.64. The van der Waals surface area contributed by atoms with E-state index >= 15 is 0 Å². The van der Waals surface area contributed by atoms with Crippen molar-refractivity contribution in [2.75, 3.05) is 21.3 Å². The van der Waals surface area contributed by atoms with Gasteiger partial charge in [0.2, 0.25) is 0 Å². The van der Waals surface area contributed by atoms with Gasteiger partial charge >= 0.3 is 29.6 Å². The zero-order chi connectivity index (χ0) is 35.0. The van der Waals surface area contributed by atoms with Crippen molar-refractivity contribution in [1.29, 1.82) is 0 Å². The van der Waals surface area contributed by atoms with Gasteiger partial charge in [0.15, 0.2) is 23.3 Å². The minimum Gasteiger partial charge on any atom is -0.618 e. The molecule has 1 N–H and O–H groups in total. The zero-order valence-corrected chi connectivity index (χ0v) is 27.5. The number of hydrogen-bond acceptors (Lipinski definition) is 11. The molecule has 4 heterocycles. The molecule has 0 saturated heterocycles. The number of carbonyl (C=O) groups is 4. The number of aromatic nitrogens is 4. The van der Waals surface area contributed by atoms with Crippen LogP contribution >= 0.6 is 23.2 Å². The third-order valence-corrected chi connectivity index (χ3v) is 6.06. The van der Waals surface area contributed by atoms with Crippen LogP contribution in [0.3, 0.4) is 0 Å². The first kappa shape index (κ1) is 38.9. The van der Waals surface area contributed by atoms with Gasteiger partial charge in [-0.25, -0.2) is 34.1 Å². The van der Waals surface area contributed by atoms with Crippen LogP contribution in [-0.4, -0.2) is 65.3 Å². The minimum atomic E-state index is -1.05. The summed E-state index contributed by atoms with van der Waals surface area (Å²) in [5.41, 5.74) is 3.52. The average molecular weight is 676 g/mol. The Balaban J connectivity index is 0.000000307. The summed E-state index contributed by atoms with van der Waals surface area (Å²) in [5, 5.41) is 20.1. The number of carboxylic acids is 1. The molecule has 244 valence electrons. The normalized spacial score (nSPS) is 9.50.